The number of hydrogen-bond acceptors (Lipinski definition) is 5. The van der Waals surface area contributed by atoms with Crippen molar-refractivity contribution in [2.75, 3.05) is 6.54 Å². The van der Waals surface area contributed by atoms with Crippen LogP contribution in [0.25, 0.3) is 10.6 Å². The van der Waals surface area contributed by atoms with Gasteiger partial charge in [-0.05, 0) is 25.0 Å². The maximum absolute atomic E-state index is 12.8. The van der Waals surface area contributed by atoms with E-state index in [9.17, 15) is 4.79 Å². The second-order valence-corrected chi connectivity index (χ2v) is 7.66. The Kier molecular flexibility index (Phi) is 5.48. The van der Waals surface area contributed by atoms with Crippen LogP contribution in [0.5, 0.6) is 0 Å². The lowest BCUT2D eigenvalue weighted by Crippen LogP contribution is -2.41. The van der Waals surface area contributed by atoms with Crippen molar-refractivity contribution in [2.45, 2.75) is 38.3 Å². The van der Waals surface area contributed by atoms with E-state index in [1.807, 2.05) is 47.4 Å². The lowest BCUT2D eigenvalue weighted by Gasteiger charge is -2.28. The summed E-state index contributed by atoms with van der Waals surface area (Å²) in [6.45, 7) is 1.12. The number of nitrogens with one attached hydrogen (secondary N) is 1. The van der Waals surface area contributed by atoms with E-state index in [1.165, 1.54) is 11.3 Å². The van der Waals surface area contributed by atoms with E-state index in [-0.39, 0.29) is 12.1 Å². The Bertz CT molecular complexity index is 863. The number of likely N-dealkylation sites (tertiary alicyclic amines) is 1. The molecular weight excluding hydrogens is 360 g/mol. The number of nitrogens with zero attached hydrogens (tertiary/aromatic N) is 3. The molecule has 6 nitrogen and oxygen atoms in total. The fourth-order valence-corrected chi connectivity index (χ4v) is 4.19. The molecule has 2 aromatic heterocycles. The lowest BCUT2D eigenvalue weighted by atomic mass is 10.1. The smallest absolute Gasteiger partial charge is 0.318 e. The van der Waals surface area contributed by atoms with Gasteiger partial charge in [0.15, 0.2) is 0 Å². The van der Waals surface area contributed by atoms with Crippen molar-refractivity contribution in [3.8, 4) is 10.6 Å². The van der Waals surface area contributed by atoms with Crippen LogP contribution in [-0.4, -0.2) is 27.7 Å². The van der Waals surface area contributed by atoms with E-state index in [2.05, 4.69) is 15.5 Å². The maximum Gasteiger partial charge on any atom is 0.318 e. The number of carbonyl (C=O) groups excluding carboxylic acids is 1. The number of amides is 2. The van der Waals surface area contributed by atoms with Crippen molar-refractivity contribution in [1.29, 1.82) is 0 Å². The van der Waals surface area contributed by atoms with E-state index in [4.69, 9.17) is 4.42 Å². The van der Waals surface area contributed by atoms with Crippen molar-refractivity contribution in [1.82, 2.24) is 20.4 Å². The molecule has 2 amide bonds. The van der Waals surface area contributed by atoms with Gasteiger partial charge in [-0.2, -0.15) is 0 Å². The van der Waals surface area contributed by atoms with Crippen molar-refractivity contribution < 1.29 is 9.21 Å². The molecule has 0 bridgehead atoms. The highest BCUT2D eigenvalue weighted by Gasteiger charge is 2.28. The van der Waals surface area contributed by atoms with Crippen LogP contribution in [0.2, 0.25) is 0 Å². The van der Waals surface area contributed by atoms with Crippen LogP contribution >= 0.6 is 11.3 Å². The molecule has 1 aromatic carbocycles. The van der Waals surface area contributed by atoms with Gasteiger partial charge in [-0.1, -0.05) is 54.5 Å². The Morgan fingerprint density at radius 3 is 2.85 bits per heavy atom. The average molecular weight is 382 g/mol. The summed E-state index contributed by atoms with van der Waals surface area (Å²) in [6.07, 6.45) is 5.85. The molecule has 1 N–H and O–H groups in total. The number of rotatable bonds is 4. The van der Waals surface area contributed by atoms with Crippen LogP contribution in [0.1, 0.15) is 42.5 Å². The Morgan fingerprint density at radius 1 is 1.15 bits per heavy atom. The summed E-state index contributed by atoms with van der Waals surface area (Å²) in [4.78, 5) is 14.7. The predicted molar refractivity (Wildman–Crippen MR) is 104 cm³/mol. The summed E-state index contributed by atoms with van der Waals surface area (Å²) in [7, 11) is 0. The molecule has 0 saturated carbocycles. The fraction of sp³-hybridized carbons (Fsp3) is 0.350. The summed E-state index contributed by atoms with van der Waals surface area (Å²) in [6, 6.07) is 13.7. The Morgan fingerprint density at radius 2 is 2.04 bits per heavy atom. The molecule has 27 heavy (non-hydrogen) atoms. The number of carbonyl (C=O) groups is 1. The van der Waals surface area contributed by atoms with Crippen molar-refractivity contribution >= 4 is 17.4 Å². The van der Waals surface area contributed by atoms with E-state index < -0.39 is 0 Å². The summed E-state index contributed by atoms with van der Waals surface area (Å²) < 4.78 is 5.58. The summed E-state index contributed by atoms with van der Waals surface area (Å²) in [5, 5.41) is 13.1. The van der Waals surface area contributed by atoms with E-state index in [0.717, 1.165) is 53.6 Å². The monoisotopic (exact) mass is 382 g/mol. The highest BCUT2D eigenvalue weighted by Crippen LogP contribution is 2.30. The number of aromatic nitrogens is 2. The number of furan rings is 1. The molecule has 1 atom stereocenters. The van der Waals surface area contributed by atoms with Gasteiger partial charge in [-0.15, -0.1) is 10.2 Å². The van der Waals surface area contributed by atoms with Gasteiger partial charge in [0.25, 0.3) is 0 Å². The van der Waals surface area contributed by atoms with Crippen LogP contribution in [0.4, 0.5) is 4.79 Å². The molecule has 7 heteroatoms. The first-order valence-corrected chi connectivity index (χ1v) is 10.1. The standard InChI is InChI=1S/C20H22N4O2S/c25-20(24-12-6-2-5-10-16(24)17-11-7-13-26-17)21-14-18-22-23-19(27-18)15-8-3-1-4-9-15/h1,3-4,7-9,11,13,16H,2,5-6,10,12,14H2,(H,21,25). The average Bonchev–Trinajstić information content (AvgIpc) is 3.35. The molecule has 0 spiro atoms. The highest BCUT2D eigenvalue weighted by atomic mass is 32.1. The molecular formula is C20H22N4O2S. The van der Waals surface area contributed by atoms with Gasteiger partial charge in [0.1, 0.15) is 15.8 Å². The largest absolute Gasteiger partial charge is 0.467 e. The normalized spacial score (nSPS) is 17.5. The van der Waals surface area contributed by atoms with Gasteiger partial charge >= 0.3 is 6.03 Å². The molecule has 1 fully saturated rings. The zero-order chi connectivity index (χ0) is 18.5. The molecule has 0 radical (unpaired) electrons. The quantitative estimate of drug-likeness (QED) is 0.714. The maximum atomic E-state index is 12.8. The minimum atomic E-state index is -0.0743. The Balaban J connectivity index is 1.41. The molecule has 1 aliphatic rings. The van der Waals surface area contributed by atoms with Gasteiger partial charge in [0, 0.05) is 12.1 Å². The zero-order valence-electron chi connectivity index (χ0n) is 15.0. The third-order valence-electron chi connectivity index (χ3n) is 4.76. The molecule has 1 saturated heterocycles. The summed E-state index contributed by atoms with van der Waals surface area (Å²) in [5.41, 5.74) is 1.04. The first-order chi connectivity index (χ1) is 13.3. The van der Waals surface area contributed by atoms with E-state index >= 15 is 0 Å². The van der Waals surface area contributed by atoms with Crippen LogP contribution in [0.15, 0.2) is 53.1 Å². The van der Waals surface area contributed by atoms with Crippen LogP contribution in [-0.2, 0) is 6.54 Å². The van der Waals surface area contributed by atoms with Gasteiger partial charge in [-0.3, -0.25) is 0 Å². The summed E-state index contributed by atoms with van der Waals surface area (Å²) >= 11 is 1.50. The topological polar surface area (TPSA) is 71.3 Å². The van der Waals surface area contributed by atoms with Crippen molar-refractivity contribution in [2.24, 2.45) is 0 Å². The molecule has 1 unspecified atom stereocenters. The molecule has 1 aliphatic heterocycles. The number of urea groups is 1. The molecule has 140 valence electrons. The SMILES string of the molecule is O=C(NCc1nnc(-c2ccccc2)s1)N1CCCCCC1c1ccco1. The minimum Gasteiger partial charge on any atom is -0.467 e. The Labute approximate surface area is 162 Å². The van der Waals surface area contributed by atoms with Crippen LogP contribution in [0, 0.1) is 0 Å². The van der Waals surface area contributed by atoms with Gasteiger partial charge in [-0.25, -0.2) is 4.79 Å². The van der Waals surface area contributed by atoms with Gasteiger partial charge in [0.2, 0.25) is 0 Å². The van der Waals surface area contributed by atoms with Crippen LogP contribution < -0.4 is 5.32 Å². The van der Waals surface area contributed by atoms with Crippen molar-refractivity contribution in [3.05, 3.63) is 59.5 Å². The highest BCUT2D eigenvalue weighted by molar-refractivity contribution is 7.14. The molecule has 3 heterocycles. The second kappa shape index (κ2) is 8.35. The molecule has 3 aromatic rings. The number of hydrogen-bond donors (Lipinski definition) is 1. The summed E-state index contributed by atoms with van der Waals surface area (Å²) in [5.74, 6) is 0.856. The fourth-order valence-electron chi connectivity index (χ4n) is 3.40. The third-order valence-corrected chi connectivity index (χ3v) is 5.74. The zero-order valence-corrected chi connectivity index (χ0v) is 15.8. The van der Waals surface area contributed by atoms with Gasteiger partial charge in [0.05, 0.1) is 18.8 Å². The van der Waals surface area contributed by atoms with E-state index in [0.29, 0.717) is 6.54 Å². The number of benzene rings is 1. The van der Waals surface area contributed by atoms with E-state index in [1.54, 1.807) is 6.26 Å². The first-order valence-electron chi connectivity index (χ1n) is 9.27. The Hall–Kier alpha value is -2.67. The lowest BCUT2D eigenvalue weighted by molar-refractivity contribution is 0.166. The van der Waals surface area contributed by atoms with Crippen molar-refractivity contribution in [3.63, 3.8) is 0 Å². The molecule has 4 rings (SSSR count). The second-order valence-electron chi connectivity index (χ2n) is 6.60. The van der Waals surface area contributed by atoms with Crippen LogP contribution in [0.3, 0.4) is 0 Å². The first kappa shape index (κ1) is 17.7. The molecule has 0 aliphatic carbocycles. The van der Waals surface area contributed by atoms with Gasteiger partial charge < -0.3 is 14.6 Å². The predicted octanol–water partition coefficient (Wildman–Crippen LogP) is 4.63. The third kappa shape index (κ3) is 4.19. The minimum absolute atomic E-state index is 0.00296.